The number of nitro benzene ring substituents is 1. The number of para-hydroxylation sites is 1. The van der Waals surface area contributed by atoms with Gasteiger partial charge in [-0.25, -0.2) is 0 Å². The predicted molar refractivity (Wildman–Crippen MR) is 62.9 cm³/mol. The minimum Gasteiger partial charge on any atom is -0.484 e. The molecule has 1 atom stereocenters. The third-order valence-corrected chi connectivity index (χ3v) is 2.63. The Labute approximate surface area is 97.6 Å². The molecule has 1 aliphatic heterocycles. The molecule has 0 saturated carbocycles. The van der Waals surface area contributed by atoms with E-state index in [1.54, 1.807) is 12.1 Å². The molecular formula is C10H10N2O3S. The molecule has 0 amide bonds. The van der Waals surface area contributed by atoms with Crippen LogP contribution in [-0.2, 0) is 0 Å². The molecule has 0 fully saturated rings. The van der Waals surface area contributed by atoms with Crippen molar-refractivity contribution in [2.75, 3.05) is 6.61 Å². The summed E-state index contributed by atoms with van der Waals surface area (Å²) < 4.78 is 5.43. The molecule has 1 unspecified atom stereocenters. The first-order chi connectivity index (χ1) is 7.59. The SMILES string of the molecule is CC1COc2c(cccc2[N+](=O)[O-])C(=S)N1. The number of nitro groups is 1. The van der Waals surface area contributed by atoms with E-state index in [2.05, 4.69) is 5.32 Å². The molecule has 0 aromatic heterocycles. The molecule has 16 heavy (non-hydrogen) atoms. The standard InChI is InChI=1S/C10H10N2O3S/c1-6-5-15-9-7(10(16)11-6)3-2-4-8(9)12(13)14/h2-4,6H,5H2,1H3,(H,11,16). The van der Waals surface area contributed by atoms with Crippen molar-refractivity contribution >= 4 is 22.9 Å². The second kappa shape index (κ2) is 4.05. The summed E-state index contributed by atoms with van der Waals surface area (Å²) in [6, 6.07) is 4.77. The Balaban J connectivity index is 2.54. The van der Waals surface area contributed by atoms with Crippen molar-refractivity contribution in [1.29, 1.82) is 0 Å². The maximum atomic E-state index is 10.8. The first-order valence-corrected chi connectivity index (χ1v) is 5.21. The number of ether oxygens (including phenoxy) is 1. The van der Waals surface area contributed by atoms with Crippen LogP contribution in [0.1, 0.15) is 12.5 Å². The fourth-order valence-electron chi connectivity index (χ4n) is 1.55. The van der Waals surface area contributed by atoms with Gasteiger partial charge in [-0.3, -0.25) is 10.1 Å². The van der Waals surface area contributed by atoms with Gasteiger partial charge >= 0.3 is 5.69 Å². The summed E-state index contributed by atoms with van der Waals surface area (Å²) in [5.74, 6) is 0.259. The highest BCUT2D eigenvalue weighted by Crippen LogP contribution is 2.32. The first-order valence-electron chi connectivity index (χ1n) is 4.80. The monoisotopic (exact) mass is 238 g/mol. The largest absolute Gasteiger partial charge is 0.484 e. The molecule has 2 rings (SSSR count). The third-order valence-electron chi connectivity index (χ3n) is 2.29. The van der Waals surface area contributed by atoms with E-state index in [1.807, 2.05) is 6.92 Å². The minimum atomic E-state index is -0.461. The summed E-state index contributed by atoms with van der Waals surface area (Å²) in [5.41, 5.74) is 0.532. The van der Waals surface area contributed by atoms with E-state index in [9.17, 15) is 10.1 Å². The van der Waals surface area contributed by atoms with Crippen LogP contribution in [0.15, 0.2) is 18.2 Å². The van der Waals surface area contributed by atoms with Crippen molar-refractivity contribution in [3.63, 3.8) is 0 Å². The number of rotatable bonds is 1. The van der Waals surface area contributed by atoms with Gasteiger partial charge < -0.3 is 10.1 Å². The van der Waals surface area contributed by atoms with Gasteiger partial charge in [0.1, 0.15) is 11.6 Å². The van der Waals surface area contributed by atoms with Crippen molar-refractivity contribution in [2.45, 2.75) is 13.0 Å². The Morgan fingerprint density at radius 2 is 2.38 bits per heavy atom. The fourth-order valence-corrected chi connectivity index (χ4v) is 1.91. The lowest BCUT2D eigenvalue weighted by molar-refractivity contribution is -0.385. The molecular weight excluding hydrogens is 228 g/mol. The molecule has 1 aromatic rings. The van der Waals surface area contributed by atoms with Gasteiger partial charge in [-0.15, -0.1) is 0 Å². The predicted octanol–water partition coefficient (Wildman–Crippen LogP) is 1.64. The highest BCUT2D eigenvalue weighted by Gasteiger charge is 2.25. The van der Waals surface area contributed by atoms with Gasteiger partial charge in [-0.05, 0) is 13.0 Å². The van der Waals surface area contributed by atoms with E-state index >= 15 is 0 Å². The van der Waals surface area contributed by atoms with E-state index in [0.29, 0.717) is 17.2 Å². The normalized spacial score (nSPS) is 19.1. The first kappa shape index (κ1) is 10.8. The van der Waals surface area contributed by atoms with E-state index in [-0.39, 0.29) is 17.5 Å². The highest BCUT2D eigenvalue weighted by molar-refractivity contribution is 7.80. The molecule has 1 aliphatic rings. The van der Waals surface area contributed by atoms with Crippen LogP contribution in [-0.4, -0.2) is 22.6 Å². The van der Waals surface area contributed by atoms with Gasteiger partial charge in [0.05, 0.1) is 16.5 Å². The number of fused-ring (bicyclic) bond motifs is 1. The number of hydrogen-bond donors (Lipinski definition) is 1. The Morgan fingerprint density at radius 3 is 3.06 bits per heavy atom. The number of nitrogens with zero attached hydrogens (tertiary/aromatic N) is 1. The molecule has 0 spiro atoms. The number of nitrogens with one attached hydrogen (secondary N) is 1. The zero-order chi connectivity index (χ0) is 11.7. The summed E-state index contributed by atoms with van der Waals surface area (Å²) in [4.78, 5) is 10.9. The van der Waals surface area contributed by atoms with Gasteiger partial charge in [0.15, 0.2) is 0 Å². The van der Waals surface area contributed by atoms with Crippen LogP contribution in [0.25, 0.3) is 0 Å². The molecule has 0 bridgehead atoms. The van der Waals surface area contributed by atoms with Crippen molar-refractivity contribution in [2.24, 2.45) is 0 Å². The summed E-state index contributed by atoms with van der Waals surface area (Å²) in [7, 11) is 0. The molecule has 0 saturated heterocycles. The van der Waals surface area contributed by atoms with E-state index < -0.39 is 4.92 Å². The van der Waals surface area contributed by atoms with Crippen LogP contribution in [0.4, 0.5) is 5.69 Å². The van der Waals surface area contributed by atoms with Gasteiger partial charge in [0.2, 0.25) is 5.75 Å². The summed E-state index contributed by atoms with van der Waals surface area (Å²) in [5, 5.41) is 13.9. The lowest BCUT2D eigenvalue weighted by Crippen LogP contribution is -2.33. The maximum Gasteiger partial charge on any atom is 0.311 e. The second-order valence-corrected chi connectivity index (χ2v) is 4.00. The van der Waals surface area contributed by atoms with Gasteiger partial charge in [-0.2, -0.15) is 0 Å². The summed E-state index contributed by atoms with van der Waals surface area (Å²) in [6.45, 7) is 2.27. The Hall–Kier alpha value is -1.69. The van der Waals surface area contributed by atoms with Crippen molar-refractivity contribution < 1.29 is 9.66 Å². The minimum absolute atomic E-state index is 0.0412. The zero-order valence-electron chi connectivity index (χ0n) is 8.60. The van der Waals surface area contributed by atoms with E-state index in [4.69, 9.17) is 17.0 Å². The van der Waals surface area contributed by atoms with Crippen LogP contribution in [0.3, 0.4) is 0 Å². The van der Waals surface area contributed by atoms with E-state index in [1.165, 1.54) is 6.07 Å². The van der Waals surface area contributed by atoms with Crippen LogP contribution in [0, 0.1) is 10.1 Å². The zero-order valence-corrected chi connectivity index (χ0v) is 9.41. The summed E-state index contributed by atoms with van der Waals surface area (Å²) in [6.07, 6.45) is 0. The van der Waals surface area contributed by atoms with Crippen LogP contribution in [0.5, 0.6) is 5.75 Å². The Kier molecular flexibility index (Phi) is 2.74. The maximum absolute atomic E-state index is 10.8. The number of thiocarbonyl (C=S) groups is 1. The van der Waals surface area contributed by atoms with Crippen LogP contribution < -0.4 is 10.1 Å². The Morgan fingerprint density at radius 1 is 1.62 bits per heavy atom. The van der Waals surface area contributed by atoms with Gasteiger partial charge in [-0.1, -0.05) is 18.3 Å². The topological polar surface area (TPSA) is 64.4 Å². The van der Waals surface area contributed by atoms with Crippen LogP contribution in [0.2, 0.25) is 0 Å². The Bertz CT molecular complexity index is 461. The lowest BCUT2D eigenvalue weighted by Gasteiger charge is -2.08. The van der Waals surface area contributed by atoms with Crippen molar-refractivity contribution in [3.05, 3.63) is 33.9 Å². The number of benzene rings is 1. The third kappa shape index (κ3) is 1.83. The molecule has 1 heterocycles. The molecule has 1 aromatic carbocycles. The van der Waals surface area contributed by atoms with Gasteiger partial charge in [0, 0.05) is 6.07 Å². The smallest absolute Gasteiger partial charge is 0.311 e. The molecule has 1 N–H and O–H groups in total. The molecule has 0 radical (unpaired) electrons. The molecule has 0 aliphatic carbocycles. The molecule has 84 valence electrons. The average Bonchev–Trinajstić information content (AvgIpc) is 2.38. The van der Waals surface area contributed by atoms with Crippen molar-refractivity contribution in [1.82, 2.24) is 5.32 Å². The molecule has 6 heteroatoms. The second-order valence-electron chi connectivity index (χ2n) is 3.60. The lowest BCUT2D eigenvalue weighted by atomic mass is 10.1. The van der Waals surface area contributed by atoms with Crippen LogP contribution >= 0.6 is 12.2 Å². The van der Waals surface area contributed by atoms with Crippen molar-refractivity contribution in [3.8, 4) is 5.75 Å². The fraction of sp³-hybridized carbons (Fsp3) is 0.300. The van der Waals surface area contributed by atoms with Gasteiger partial charge in [0.25, 0.3) is 0 Å². The highest BCUT2D eigenvalue weighted by atomic mass is 32.1. The average molecular weight is 238 g/mol. The molecule has 5 nitrogen and oxygen atoms in total. The van der Waals surface area contributed by atoms with E-state index in [0.717, 1.165) is 0 Å². The quantitative estimate of drug-likeness (QED) is 0.458. The number of hydrogen-bond acceptors (Lipinski definition) is 4. The summed E-state index contributed by atoms with van der Waals surface area (Å²) >= 11 is 5.16.